The molecule has 17 heteroatoms. The summed E-state index contributed by atoms with van der Waals surface area (Å²) in [5.74, 6) is 0. The van der Waals surface area contributed by atoms with E-state index in [1.165, 1.54) is 25.7 Å². The van der Waals surface area contributed by atoms with Crippen molar-refractivity contribution in [3.63, 3.8) is 0 Å². The molecule has 2 radical (unpaired) electrons. The Morgan fingerprint density at radius 3 is 1.25 bits per heavy atom. The predicted octanol–water partition coefficient (Wildman–Crippen LogP) is 12.1. The summed E-state index contributed by atoms with van der Waals surface area (Å²) < 4.78 is 61.5. The summed E-state index contributed by atoms with van der Waals surface area (Å²) in [6, 6.07) is 63.5. The number of halogens is 3. The molecule has 0 fully saturated rings. The van der Waals surface area contributed by atoms with Crippen molar-refractivity contribution < 1.29 is 76.6 Å². The monoisotopic (exact) mass is 1330 g/mol. The molecule has 0 saturated carbocycles. The van der Waals surface area contributed by atoms with Crippen molar-refractivity contribution in [2.45, 2.75) is 5.51 Å². The summed E-state index contributed by atoms with van der Waals surface area (Å²) in [5.41, 5.74) is 2.71. The molecule has 0 bridgehead atoms. The second-order valence-electron chi connectivity index (χ2n) is 12.5. The number of benzene rings is 4. The van der Waals surface area contributed by atoms with Gasteiger partial charge < -0.3 is 29.7 Å². The van der Waals surface area contributed by atoms with Gasteiger partial charge in [0.1, 0.15) is 0 Å². The maximum Gasteiger partial charge on any atom is 0.485 e. The third-order valence-electron chi connectivity index (χ3n) is 8.35. The van der Waals surface area contributed by atoms with E-state index in [9.17, 15) is 13.2 Å². The SMILES string of the molecule is CO.CO.O=S(=O)([O-])C(F)(F)F.[Ir].[Ir].[c-]1ccccc1-c1ccccn1.[c-]1ccccc1-c1ccccn1.[c-]1ccccc1-c1nccc2sccc12.c1ccc(-c2nccc3sccc23)cc1. The third-order valence-corrected chi connectivity index (χ3v) is 10.7. The number of hydrogen-bond acceptors (Lipinski definition) is 11. The van der Waals surface area contributed by atoms with Gasteiger partial charge in [-0.3, -0.25) is 4.98 Å². The first-order chi connectivity index (χ1) is 32.1. The first kappa shape index (κ1) is 58.4. The molecule has 0 spiro atoms. The van der Waals surface area contributed by atoms with Crippen molar-refractivity contribution in [2.24, 2.45) is 0 Å². The molecule has 9 nitrogen and oxygen atoms in total. The molecule has 6 heterocycles. The van der Waals surface area contributed by atoms with E-state index in [0.29, 0.717) is 0 Å². The maximum atomic E-state index is 10.7. The molecular formula is C51H41F3Ir2N4O5S3-4. The minimum atomic E-state index is -6.09. The van der Waals surface area contributed by atoms with E-state index in [2.05, 4.69) is 79.2 Å². The maximum absolute atomic E-state index is 10.7. The van der Waals surface area contributed by atoms with E-state index in [-0.39, 0.29) is 40.2 Å². The van der Waals surface area contributed by atoms with Gasteiger partial charge in [0.2, 0.25) is 0 Å². The summed E-state index contributed by atoms with van der Waals surface area (Å²) in [5, 5.41) is 20.7. The Kier molecular flexibility index (Phi) is 27.0. The number of hydrogen-bond donors (Lipinski definition) is 2. The Morgan fingerprint density at radius 2 is 0.868 bits per heavy atom. The molecule has 0 saturated heterocycles. The van der Waals surface area contributed by atoms with Gasteiger partial charge >= 0.3 is 5.51 Å². The van der Waals surface area contributed by atoms with Crippen molar-refractivity contribution in [3.05, 3.63) is 218 Å². The van der Waals surface area contributed by atoms with Crippen molar-refractivity contribution in [1.82, 2.24) is 19.9 Å². The van der Waals surface area contributed by atoms with Gasteiger partial charge in [-0.25, -0.2) is 8.42 Å². The molecule has 10 rings (SSSR count). The molecule has 0 unspecified atom stereocenters. The van der Waals surface area contributed by atoms with Crippen LogP contribution in [0.4, 0.5) is 13.2 Å². The Hall–Kier alpha value is -5.68. The van der Waals surface area contributed by atoms with E-state index in [0.717, 1.165) is 53.7 Å². The second kappa shape index (κ2) is 31.4. The van der Waals surface area contributed by atoms with E-state index in [4.69, 9.17) is 23.2 Å². The quantitative estimate of drug-likeness (QED) is 0.0997. The van der Waals surface area contributed by atoms with Crippen molar-refractivity contribution >= 4 is 53.0 Å². The second-order valence-corrected chi connectivity index (χ2v) is 15.8. The summed E-state index contributed by atoms with van der Waals surface area (Å²) in [6.07, 6.45) is 7.31. The zero-order valence-corrected chi connectivity index (χ0v) is 43.2. The van der Waals surface area contributed by atoms with Crippen LogP contribution in [0.25, 0.3) is 65.2 Å². The van der Waals surface area contributed by atoms with Gasteiger partial charge in [0, 0.05) is 99.6 Å². The molecule has 2 N–H and O–H groups in total. The number of rotatable bonds is 4. The van der Waals surface area contributed by atoms with Gasteiger partial charge in [-0.15, -0.1) is 130 Å². The van der Waals surface area contributed by atoms with Crippen LogP contribution in [0.15, 0.2) is 199 Å². The van der Waals surface area contributed by atoms with Crippen LogP contribution in [0, 0.1) is 18.2 Å². The first-order valence-electron chi connectivity index (χ1n) is 19.4. The molecule has 6 aromatic heterocycles. The minimum Gasteiger partial charge on any atom is -0.741 e. The Bertz CT molecular complexity index is 2720. The van der Waals surface area contributed by atoms with Crippen LogP contribution in [0.5, 0.6) is 0 Å². The number of pyridine rings is 4. The Labute approximate surface area is 428 Å². The van der Waals surface area contributed by atoms with E-state index in [1.807, 2.05) is 146 Å². The number of nitrogens with zero attached hydrogens (tertiary/aromatic N) is 4. The summed E-state index contributed by atoms with van der Waals surface area (Å²) in [4.78, 5) is 17.3. The summed E-state index contributed by atoms with van der Waals surface area (Å²) in [6.45, 7) is 0. The summed E-state index contributed by atoms with van der Waals surface area (Å²) >= 11 is 3.50. The number of aliphatic hydroxyl groups excluding tert-OH is 2. The Balaban J connectivity index is 0.000000288. The fraction of sp³-hybridized carbons (Fsp3) is 0.0588. The van der Waals surface area contributed by atoms with Crippen LogP contribution in [-0.2, 0) is 50.3 Å². The number of alkyl halides is 3. The molecule has 10 aromatic rings. The number of fused-ring (bicyclic) bond motifs is 2. The van der Waals surface area contributed by atoms with Gasteiger partial charge in [-0.2, -0.15) is 13.2 Å². The predicted molar refractivity (Wildman–Crippen MR) is 258 cm³/mol. The van der Waals surface area contributed by atoms with Crippen LogP contribution in [0.3, 0.4) is 0 Å². The van der Waals surface area contributed by atoms with Gasteiger partial charge in [0.25, 0.3) is 0 Å². The normalized spacial score (nSPS) is 9.94. The van der Waals surface area contributed by atoms with Crippen molar-refractivity contribution in [2.75, 3.05) is 14.2 Å². The molecule has 68 heavy (non-hydrogen) atoms. The van der Waals surface area contributed by atoms with E-state index < -0.39 is 15.6 Å². The molecular weight excluding hydrogens is 1290 g/mol. The van der Waals surface area contributed by atoms with Crippen LogP contribution < -0.4 is 0 Å². The molecule has 0 aliphatic carbocycles. The number of aliphatic hydroxyl groups is 2. The largest absolute Gasteiger partial charge is 0.741 e. The zero-order chi connectivity index (χ0) is 47.6. The zero-order valence-electron chi connectivity index (χ0n) is 36.0. The molecule has 356 valence electrons. The molecule has 0 amide bonds. The van der Waals surface area contributed by atoms with Crippen LogP contribution in [0.2, 0.25) is 0 Å². The van der Waals surface area contributed by atoms with Gasteiger partial charge in [0.05, 0.1) is 5.69 Å². The topological polar surface area (TPSA) is 149 Å². The van der Waals surface area contributed by atoms with E-state index >= 15 is 0 Å². The average molecular weight is 1330 g/mol. The van der Waals surface area contributed by atoms with Crippen LogP contribution >= 0.6 is 22.7 Å². The van der Waals surface area contributed by atoms with Gasteiger partial charge in [-0.05, 0) is 63.6 Å². The van der Waals surface area contributed by atoms with Crippen LogP contribution in [-0.4, -0.2) is 62.8 Å². The molecule has 4 aromatic carbocycles. The molecule has 0 aliphatic heterocycles. The minimum absolute atomic E-state index is 0. The fourth-order valence-corrected chi connectivity index (χ4v) is 7.08. The number of aromatic nitrogens is 4. The van der Waals surface area contributed by atoms with Gasteiger partial charge in [0.15, 0.2) is 10.1 Å². The average Bonchev–Trinajstić information content (AvgIpc) is 4.08. The molecule has 0 aliphatic rings. The first-order valence-corrected chi connectivity index (χ1v) is 22.6. The van der Waals surface area contributed by atoms with Crippen LogP contribution in [0.1, 0.15) is 0 Å². The molecule has 0 atom stereocenters. The fourth-order valence-electron chi connectivity index (χ4n) is 5.52. The van der Waals surface area contributed by atoms with Gasteiger partial charge in [-0.1, -0.05) is 60.7 Å². The smallest absolute Gasteiger partial charge is 0.485 e. The van der Waals surface area contributed by atoms with Crippen molar-refractivity contribution in [3.8, 4) is 45.0 Å². The summed E-state index contributed by atoms with van der Waals surface area (Å²) in [7, 11) is -4.09. The van der Waals surface area contributed by atoms with E-state index in [1.54, 1.807) is 35.1 Å². The Morgan fingerprint density at radius 1 is 0.485 bits per heavy atom. The standard InChI is InChI=1S/C13H9NS.C13H8NS.2C11H8N.CHF3O3S.2CH4O.2Ir/c2*1-2-4-10(5-3-1)13-11-7-9-15-12(11)6-8-14-13;2*1-2-6-10(7-3-1)11-8-4-5-9-12-11;2-1(3,4)8(5,6)7;2*1-2;;/h1-9H;1-4,6-9H;2*1-6,8-9H;(H,5,6,7);2*2H,1H3;;/q;3*-1;;;;;/p-1. The van der Waals surface area contributed by atoms with Crippen molar-refractivity contribution in [1.29, 1.82) is 0 Å². The number of thiophene rings is 2. The third kappa shape index (κ3) is 18.4.